The summed E-state index contributed by atoms with van der Waals surface area (Å²) >= 11 is 0. The van der Waals surface area contributed by atoms with Crippen molar-refractivity contribution < 1.29 is 9.53 Å². The van der Waals surface area contributed by atoms with Gasteiger partial charge in [0.15, 0.2) is 0 Å². The maximum absolute atomic E-state index is 11.5. The maximum Gasteiger partial charge on any atom is 0.239 e. The lowest BCUT2D eigenvalue weighted by molar-refractivity contribution is -0.126. The maximum atomic E-state index is 11.5. The first-order chi connectivity index (χ1) is 8.10. The van der Waals surface area contributed by atoms with Crippen LogP contribution in [0.4, 0.5) is 0 Å². The van der Waals surface area contributed by atoms with E-state index in [2.05, 4.69) is 5.32 Å². The fourth-order valence-corrected chi connectivity index (χ4v) is 2.47. The SMILES string of the molecule is CC(COCC1CCCC1)(NC1CC1)C(N)=O. The molecule has 98 valence electrons. The summed E-state index contributed by atoms with van der Waals surface area (Å²) in [5, 5.41) is 3.29. The normalized spacial score (nSPS) is 24.8. The van der Waals surface area contributed by atoms with Crippen LogP contribution in [-0.4, -0.2) is 30.7 Å². The number of amides is 1. The Labute approximate surface area is 103 Å². The van der Waals surface area contributed by atoms with Gasteiger partial charge in [-0.05, 0) is 38.5 Å². The third-order valence-electron chi connectivity index (χ3n) is 3.86. The predicted molar refractivity (Wildman–Crippen MR) is 66.5 cm³/mol. The number of carbonyl (C=O) groups is 1. The quantitative estimate of drug-likeness (QED) is 0.702. The molecule has 2 aliphatic rings. The van der Waals surface area contributed by atoms with Gasteiger partial charge in [0.05, 0.1) is 6.61 Å². The van der Waals surface area contributed by atoms with Gasteiger partial charge in [-0.15, -0.1) is 0 Å². The lowest BCUT2D eigenvalue weighted by Gasteiger charge is -2.28. The number of nitrogens with one attached hydrogen (secondary N) is 1. The fraction of sp³-hybridized carbons (Fsp3) is 0.923. The zero-order chi connectivity index (χ0) is 12.3. The average Bonchev–Trinajstić information content (AvgIpc) is 2.93. The van der Waals surface area contributed by atoms with Gasteiger partial charge in [0.25, 0.3) is 0 Å². The van der Waals surface area contributed by atoms with E-state index >= 15 is 0 Å². The molecule has 4 nitrogen and oxygen atoms in total. The molecule has 0 radical (unpaired) electrons. The molecule has 4 heteroatoms. The molecular weight excluding hydrogens is 216 g/mol. The monoisotopic (exact) mass is 240 g/mol. The predicted octanol–water partition coefficient (Wildman–Crippen LogP) is 1.19. The molecule has 0 spiro atoms. The van der Waals surface area contributed by atoms with Crippen LogP contribution in [0.1, 0.15) is 45.4 Å². The van der Waals surface area contributed by atoms with E-state index in [-0.39, 0.29) is 5.91 Å². The van der Waals surface area contributed by atoms with Crippen molar-refractivity contribution in [1.29, 1.82) is 0 Å². The average molecular weight is 240 g/mol. The molecule has 0 aliphatic heterocycles. The number of primary amides is 1. The Bertz CT molecular complexity index is 273. The molecule has 1 atom stereocenters. The van der Waals surface area contributed by atoms with Crippen molar-refractivity contribution >= 4 is 5.91 Å². The Morgan fingerprint density at radius 3 is 2.53 bits per heavy atom. The minimum atomic E-state index is -0.695. The van der Waals surface area contributed by atoms with Gasteiger partial charge >= 0.3 is 0 Å². The molecule has 2 saturated carbocycles. The zero-order valence-corrected chi connectivity index (χ0v) is 10.7. The largest absolute Gasteiger partial charge is 0.379 e. The van der Waals surface area contributed by atoms with Crippen LogP contribution in [-0.2, 0) is 9.53 Å². The van der Waals surface area contributed by atoms with E-state index in [1.54, 1.807) is 0 Å². The summed E-state index contributed by atoms with van der Waals surface area (Å²) < 4.78 is 5.71. The Hall–Kier alpha value is -0.610. The summed E-state index contributed by atoms with van der Waals surface area (Å²) in [5.41, 5.74) is 4.77. The second-order valence-corrected chi connectivity index (χ2v) is 5.78. The molecule has 0 heterocycles. The number of ether oxygens (including phenoxy) is 1. The van der Waals surface area contributed by atoms with E-state index in [1.807, 2.05) is 6.92 Å². The van der Waals surface area contributed by atoms with Crippen molar-refractivity contribution in [2.45, 2.75) is 57.0 Å². The van der Waals surface area contributed by atoms with E-state index in [0.29, 0.717) is 18.6 Å². The topological polar surface area (TPSA) is 64.3 Å². The van der Waals surface area contributed by atoms with Gasteiger partial charge in [0.1, 0.15) is 5.54 Å². The summed E-state index contributed by atoms with van der Waals surface area (Å²) in [6, 6.07) is 0.461. The van der Waals surface area contributed by atoms with E-state index in [0.717, 1.165) is 19.4 Å². The minimum Gasteiger partial charge on any atom is -0.379 e. The molecule has 2 fully saturated rings. The number of rotatable bonds is 7. The molecular formula is C13H24N2O2. The highest BCUT2D eigenvalue weighted by molar-refractivity contribution is 5.84. The van der Waals surface area contributed by atoms with Crippen molar-refractivity contribution in [2.24, 2.45) is 11.7 Å². The van der Waals surface area contributed by atoms with E-state index < -0.39 is 5.54 Å². The molecule has 2 rings (SSSR count). The van der Waals surface area contributed by atoms with E-state index in [4.69, 9.17) is 10.5 Å². The molecule has 0 aromatic heterocycles. The Morgan fingerprint density at radius 1 is 1.35 bits per heavy atom. The summed E-state index contributed by atoms with van der Waals surface area (Å²) in [6.45, 7) is 3.02. The zero-order valence-electron chi connectivity index (χ0n) is 10.7. The first-order valence-electron chi connectivity index (χ1n) is 6.75. The van der Waals surface area contributed by atoms with Crippen LogP contribution in [0.5, 0.6) is 0 Å². The Balaban J connectivity index is 1.73. The summed E-state index contributed by atoms with van der Waals surface area (Å²) in [7, 11) is 0. The van der Waals surface area contributed by atoms with Crippen LogP contribution in [0.15, 0.2) is 0 Å². The Morgan fingerprint density at radius 2 is 2.00 bits per heavy atom. The van der Waals surface area contributed by atoms with Crippen LogP contribution < -0.4 is 11.1 Å². The second-order valence-electron chi connectivity index (χ2n) is 5.78. The molecule has 1 unspecified atom stereocenters. The van der Waals surface area contributed by atoms with Crippen molar-refractivity contribution in [2.75, 3.05) is 13.2 Å². The highest BCUT2D eigenvalue weighted by Crippen LogP contribution is 2.26. The number of nitrogens with two attached hydrogens (primary N) is 1. The van der Waals surface area contributed by atoms with Crippen molar-refractivity contribution in [3.63, 3.8) is 0 Å². The van der Waals surface area contributed by atoms with Crippen molar-refractivity contribution in [1.82, 2.24) is 5.32 Å². The molecule has 17 heavy (non-hydrogen) atoms. The molecule has 0 aromatic rings. The smallest absolute Gasteiger partial charge is 0.239 e. The summed E-state index contributed by atoms with van der Waals surface area (Å²) in [5.74, 6) is 0.379. The highest BCUT2D eigenvalue weighted by atomic mass is 16.5. The number of hydrogen-bond donors (Lipinski definition) is 2. The highest BCUT2D eigenvalue weighted by Gasteiger charge is 2.37. The third kappa shape index (κ3) is 3.68. The fourth-order valence-electron chi connectivity index (χ4n) is 2.47. The Kier molecular flexibility index (Phi) is 4.05. The van der Waals surface area contributed by atoms with Gasteiger partial charge in [-0.25, -0.2) is 0 Å². The van der Waals surface area contributed by atoms with Gasteiger partial charge in [0.2, 0.25) is 5.91 Å². The van der Waals surface area contributed by atoms with Gasteiger partial charge < -0.3 is 10.5 Å². The molecule has 0 bridgehead atoms. The van der Waals surface area contributed by atoms with E-state index in [1.165, 1.54) is 25.7 Å². The van der Waals surface area contributed by atoms with Gasteiger partial charge in [-0.2, -0.15) is 0 Å². The molecule has 0 saturated heterocycles. The minimum absolute atomic E-state index is 0.309. The van der Waals surface area contributed by atoms with Crippen LogP contribution in [0, 0.1) is 5.92 Å². The van der Waals surface area contributed by atoms with Crippen LogP contribution >= 0.6 is 0 Å². The molecule has 2 aliphatic carbocycles. The third-order valence-corrected chi connectivity index (χ3v) is 3.86. The van der Waals surface area contributed by atoms with Gasteiger partial charge in [-0.3, -0.25) is 10.1 Å². The summed E-state index contributed by atoms with van der Waals surface area (Å²) in [4.78, 5) is 11.5. The first kappa shape index (κ1) is 12.8. The number of hydrogen-bond acceptors (Lipinski definition) is 3. The van der Waals surface area contributed by atoms with Crippen LogP contribution in [0.2, 0.25) is 0 Å². The lowest BCUT2D eigenvalue weighted by Crippen LogP contribution is -2.57. The van der Waals surface area contributed by atoms with Gasteiger partial charge in [-0.1, -0.05) is 12.8 Å². The van der Waals surface area contributed by atoms with E-state index in [9.17, 15) is 4.79 Å². The lowest BCUT2D eigenvalue weighted by atomic mass is 10.0. The van der Waals surface area contributed by atoms with Crippen molar-refractivity contribution in [3.8, 4) is 0 Å². The van der Waals surface area contributed by atoms with Crippen molar-refractivity contribution in [3.05, 3.63) is 0 Å². The van der Waals surface area contributed by atoms with Crippen LogP contribution in [0.3, 0.4) is 0 Å². The second kappa shape index (κ2) is 5.36. The standard InChI is InChI=1S/C13H24N2O2/c1-13(12(14)16,15-11-6-7-11)9-17-8-10-4-2-3-5-10/h10-11,15H,2-9H2,1H3,(H2,14,16). The van der Waals surface area contributed by atoms with Crippen LogP contribution in [0.25, 0.3) is 0 Å². The molecule has 3 N–H and O–H groups in total. The van der Waals surface area contributed by atoms with Gasteiger partial charge in [0, 0.05) is 12.6 Å². The number of carbonyl (C=O) groups excluding carboxylic acids is 1. The molecule has 1 amide bonds. The first-order valence-corrected chi connectivity index (χ1v) is 6.75. The molecule has 0 aromatic carbocycles. The summed E-state index contributed by atoms with van der Waals surface area (Å²) in [6.07, 6.45) is 7.46.